The first-order valence-electron chi connectivity index (χ1n) is 7.18. The Morgan fingerprint density at radius 3 is 2.29 bits per heavy atom. The predicted molar refractivity (Wildman–Crippen MR) is 85.8 cm³/mol. The van der Waals surface area contributed by atoms with E-state index >= 15 is 0 Å². The quantitative estimate of drug-likeness (QED) is 0.866. The Hall–Kier alpha value is -1.27. The first-order chi connectivity index (χ1) is 9.93. The number of nitrogens with two attached hydrogens (primary N) is 1. The summed E-state index contributed by atoms with van der Waals surface area (Å²) in [4.78, 5) is 4.05. The molecule has 0 unspecified atom stereocenters. The highest BCUT2D eigenvalue weighted by Crippen LogP contribution is 2.28. The van der Waals surface area contributed by atoms with Gasteiger partial charge in [0.05, 0.1) is 0 Å². The molecule has 0 aromatic heterocycles. The highest BCUT2D eigenvalue weighted by atomic mass is 32.1. The lowest BCUT2D eigenvalue weighted by Crippen LogP contribution is -2.43. The van der Waals surface area contributed by atoms with Crippen LogP contribution in [0.1, 0.15) is 25.3 Å². The maximum Gasteiger partial charge on any atom is 0.150 e. The number of hydrogen-bond acceptors (Lipinski definition) is 3. The second kappa shape index (κ2) is 6.66. The molecular weight excluding hydrogens is 292 g/mol. The van der Waals surface area contributed by atoms with E-state index in [2.05, 4.69) is 11.8 Å². The molecule has 0 bridgehead atoms. The van der Waals surface area contributed by atoms with Gasteiger partial charge in [-0.2, -0.15) is 0 Å². The van der Waals surface area contributed by atoms with E-state index in [1.165, 1.54) is 12.1 Å². The van der Waals surface area contributed by atoms with Crippen molar-refractivity contribution in [1.82, 2.24) is 4.90 Å². The minimum atomic E-state index is -0.613. The van der Waals surface area contributed by atoms with Crippen molar-refractivity contribution in [2.24, 2.45) is 5.73 Å². The molecule has 2 rings (SSSR count). The molecule has 2 N–H and O–H groups in total. The topological polar surface area (TPSA) is 32.5 Å². The monoisotopic (exact) mass is 313 g/mol. The maximum atomic E-state index is 14.2. The van der Waals surface area contributed by atoms with Crippen LogP contribution in [0.4, 0.5) is 14.5 Å². The lowest BCUT2D eigenvalue weighted by molar-refractivity contribution is 0.220. The normalized spacial score (nSPS) is 17.0. The van der Waals surface area contributed by atoms with Crippen LogP contribution < -0.4 is 10.6 Å². The number of piperidine rings is 1. The van der Waals surface area contributed by atoms with Crippen LogP contribution >= 0.6 is 12.2 Å². The third-order valence-corrected chi connectivity index (χ3v) is 4.44. The Kier molecular flexibility index (Phi) is 5.11. The van der Waals surface area contributed by atoms with E-state index in [1.807, 2.05) is 0 Å². The van der Waals surface area contributed by atoms with Crippen molar-refractivity contribution in [2.45, 2.75) is 25.8 Å². The molecule has 1 aromatic rings. The molecule has 0 radical (unpaired) electrons. The molecule has 1 saturated heterocycles. The second-order valence-electron chi connectivity index (χ2n) is 5.43. The van der Waals surface area contributed by atoms with E-state index in [9.17, 15) is 8.78 Å². The summed E-state index contributed by atoms with van der Waals surface area (Å²) in [6.07, 6.45) is 1.81. The molecule has 6 heteroatoms. The Morgan fingerprint density at radius 1 is 1.33 bits per heavy atom. The average Bonchev–Trinajstić information content (AvgIpc) is 2.46. The molecule has 0 amide bonds. The van der Waals surface area contributed by atoms with E-state index in [0.717, 1.165) is 32.5 Å². The number of nitrogens with zero attached hydrogens (tertiary/aromatic N) is 2. The van der Waals surface area contributed by atoms with Crippen LogP contribution in [-0.2, 0) is 0 Å². The van der Waals surface area contributed by atoms with Crippen molar-refractivity contribution in [2.75, 3.05) is 31.6 Å². The fourth-order valence-electron chi connectivity index (χ4n) is 2.85. The minimum absolute atomic E-state index is 0.00161. The number of anilines is 1. The van der Waals surface area contributed by atoms with Crippen LogP contribution in [0.5, 0.6) is 0 Å². The number of halogens is 2. The third kappa shape index (κ3) is 3.49. The Bertz CT molecular complexity index is 505. The van der Waals surface area contributed by atoms with Gasteiger partial charge in [0.2, 0.25) is 0 Å². The summed E-state index contributed by atoms with van der Waals surface area (Å²) in [5, 5.41) is 0. The van der Waals surface area contributed by atoms with Gasteiger partial charge in [-0.15, -0.1) is 0 Å². The largest absolute Gasteiger partial charge is 0.389 e. The molecule has 0 atom stereocenters. The van der Waals surface area contributed by atoms with E-state index in [1.54, 1.807) is 11.9 Å². The Balaban J connectivity index is 2.20. The Labute approximate surface area is 129 Å². The molecule has 0 spiro atoms. The van der Waals surface area contributed by atoms with Gasteiger partial charge in [0.1, 0.15) is 22.3 Å². The molecule has 0 saturated carbocycles. The summed E-state index contributed by atoms with van der Waals surface area (Å²) in [5.41, 5.74) is 5.65. The van der Waals surface area contributed by atoms with Crippen molar-refractivity contribution in [3.05, 3.63) is 29.3 Å². The van der Waals surface area contributed by atoms with Crippen LogP contribution in [0.2, 0.25) is 0 Å². The van der Waals surface area contributed by atoms with Gasteiger partial charge in [0.25, 0.3) is 0 Å². The third-order valence-electron chi connectivity index (χ3n) is 4.21. The number of benzene rings is 1. The van der Waals surface area contributed by atoms with Gasteiger partial charge in [-0.3, -0.25) is 0 Å². The molecule has 21 heavy (non-hydrogen) atoms. The summed E-state index contributed by atoms with van der Waals surface area (Å²) in [6.45, 7) is 5.05. The lowest BCUT2D eigenvalue weighted by atomic mass is 10.0. The van der Waals surface area contributed by atoms with Gasteiger partial charge >= 0.3 is 0 Å². The number of hydrogen-bond donors (Lipinski definition) is 1. The van der Waals surface area contributed by atoms with E-state index in [0.29, 0.717) is 0 Å². The second-order valence-corrected chi connectivity index (χ2v) is 5.87. The van der Waals surface area contributed by atoms with E-state index in [4.69, 9.17) is 18.0 Å². The van der Waals surface area contributed by atoms with Crippen LogP contribution in [0.15, 0.2) is 12.1 Å². The zero-order chi connectivity index (χ0) is 15.6. The number of likely N-dealkylation sites (tertiary alicyclic amines) is 1. The standard InChI is InChI=1S/C15H21F2N3S/c1-3-20-6-4-11(5-7-20)19(2)14-12(16)8-10(15(18)21)9-13(14)17/h8-9,11H,3-7H2,1-2H3,(H2,18,21). The zero-order valence-corrected chi connectivity index (χ0v) is 13.2. The summed E-state index contributed by atoms with van der Waals surface area (Å²) in [5.74, 6) is -1.23. The van der Waals surface area contributed by atoms with E-state index in [-0.39, 0.29) is 22.3 Å². The molecule has 3 nitrogen and oxygen atoms in total. The van der Waals surface area contributed by atoms with Crippen LogP contribution in [0.3, 0.4) is 0 Å². The van der Waals surface area contributed by atoms with Crippen molar-refractivity contribution < 1.29 is 8.78 Å². The van der Waals surface area contributed by atoms with Crippen LogP contribution in [0, 0.1) is 11.6 Å². The SMILES string of the molecule is CCN1CCC(N(C)c2c(F)cc(C(N)=S)cc2F)CC1. The number of rotatable bonds is 4. The van der Waals surface area contributed by atoms with Crippen molar-refractivity contribution in [3.8, 4) is 0 Å². The molecule has 1 heterocycles. The molecule has 0 aliphatic carbocycles. The van der Waals surface area contributed by atoms with Gasteiger partial charge in [-0.25, -0.2) is 8.78 Å². The van der Waals surface area contributed by atoms with Gasteiger partial charge in [0, 0.05) is 31.7 Å². The predicted octanol–water partition coefficient (Wildman–Crippen LogP) is 2.52. The fourth-order valence-corrected chi connectivity index (χ4v) is 2.97. The lowest BCUT2D eigenvalue weighted by Gasteiger charge is -2.37. The highest BCUT2D eigenvalue weighted by Gasteiger charge is 2.26. The van der Waals surface area contributed by atoms with Gasteiger partial charge in [-0.1, -0.05) is 19.1 Å². The molecule has 1 aliphatic heterocycles. The summed E-state index contributed by atoms with van der Waals surface area (Å²) in [6, 6.07) is 2.56. The van der Waals surface area contributed by atoms with Crippen molar-refractivity contribution in [3.63, 3.8) is 0 Å². The van der Waals surface area contributed by atoms with Crippen molar-refractivity contribution in [1.29, 1.82) is 0 Å². The number of thiocarbonyl (C=S) groups is 1. The first kappa shape index (κ1) is 16.1. The molecule has 1 fully saturated rings. The fraction of sp³-hybridized carbons (Fsp3) is 0.533. The summed E-state index contributed by atoms with van der Waals surface area (Å²) >= 11 is 4.77. The molecule has 1 aromatic carbocycles. The zero-order valence-electron chi connectivity index (χ0n) is 12.4. The smallest absolute Gasteiger partial charge is 0.150 e. The van der Waals surface area contributed by atoms with Gasteiger partial charge < -0.3 is 15.5 Å². The van der Waals surface area contributed by atoms with E-state index < -0.39 is 11.6 Å². The maximum absolute atomic E-state index is 14.2. The highest BCUT2D eigenvalue weighted by molar-refractivity contribution is 7.80. The van der Waals surface area contributed by atoms with Gasteiger partial charge in [0.15, 0.2) is 0 Å². The molecular formula is C15H21F2N3S. The first-order valence-corrected chi connectivity index (χ1v) is 7.59. The average molecular weight is 313 g/mol. The van der Waals surface area contributed by atoms with Crippen LogP contribution in [-0.4, -0.2) is 42.6 Å². The summed E-state index contributed by atoms with van der Waals surface area (Å²) in [7, 11) is 1.74. The van der Waals surface area contributed by atoms with Crippen molar-refractivity contribution >= 4 is 22.9 Å². The minimum Gasteiger partial charge on any atom is -0.389 e. The van der Waals surface area contributed by atoms with Crippen LogP contribution in [0.25, 0.3) is 0 Å². The Morgan fingerprint density at radius 2 is 1.86 bits per heavy atom. The summed E-state index contributed by atoms with van der Waals surface area (Å²) < 4.78 is 28.4. The molecule has 116 valence electrons. The van der Waals surface area contributed by atoms with Gasteiger partial charge in [-0.05, 0) is 31.5 Å². The molecule has 1 aliphatic rings.